The predicted molar refractivity (Wildman–Crippen MR) is 97.8 cm³/mol. The molecule has 1 heterocycles. The molecule has 0 aromatic heterocycles. The van der Waals surface area contributed by atoms with E-state index in [2.05, 4.69) is 15.9 Å². The van der Waals surface area contributed by atoms with E-state index < -0.39 is 5.97 Å². The quantitative estimate of drug-likeness (QED) is 0.709. The molecule has 0 N–H and O–H groups in total. The molecule has 3 rings (SSSR count). The maximum absolute atomic E-state index is 12.3. The van der Waals surface area contributed by atoms with Crippen molar-refractivity contribution in [2.24, 2.45) is 0 Å². The molecule has 1 saturated heterocycles. The SMILES string of the molecule is COc1ccc(COC(=O)c2cccc(N3CCCC3=O)c2)cc1Br. The van der Waals surface area contributed by atoms with Crippen LogP contribution in [0, 0.1) is 0 Å². The highest BCUT2D eigenvalue weighted by molar-refractivity contribution is 9.10. The first-order valence-electron chi connectivity index (χ1n) is 7.98. The van der Waals surface area contributed by atoms with Gasteiger partial charge in [-0.2, -0.15) is 0 Å². The zero-order chi connectivity index (χ0) is 17.8. The van der Waals surface area contributed by atoms with Crippen molar-refractivity contribution in [3.8, 4) is 5.75 Å². The monoisotopic (exact) mass is 403 g/mol. The van der Waals surface area contributed by atoms with E-state index in [1.807, 2.05) is 24.3 Å². The van der Waals surface area contributed by atoms with Crippen LogP contribution in [0.1, 0.15) is 28.8 Å². The van der Waals surface area contributed by atoms with Crippen LogP contribution in [-0.2, 0) is 16.1 Å². The third-order valence-electron chi connectivity index (χ3n) is 4.05. The Morgan fingerprint density at radius 2 is 2.08 bits per heavy atom. The molecule has 1 amide bonds. The van der Waals surface area contributed by atoms with E-state index in [1.54, 1.807) is 30.2 Å². The van der Waals surface area contributed by atoms with Crippen molar-refractivity contribution in [1.82, 2.24) is 0 Å². The summed E-state index contributed by atoms with van der Waals surface area (Å²) in [5, 5.41) is 0. The normalized spacial score (nSPS) is 13.8. The summed E-state index contributed by atoms with van der Waals surface area (Å²) in [5.74, 6) is 0.395. The molecule has 0 unspecified atom stereocenters. The molecule has 2 aromatic rings. The number of benzene rings is 2. The Morgan fingerprint density at radius 3 is 2.76 bits per heavy atom. The van der Waals surface area contributed by atoms with Crippen LogP contribution in [0.5, 0.6) is 5.75 Å². The number of carbonyl (C=O) groups is 2. The third-order valence-corrected chi connectivity index (χ3v) is 4.67. The molecule has 0 spiro atoms. The first-order chi connectivity index (χ1) is 12.1. The van der Waals surface area contributed by atoms with Gasteiger partial charge in [-0.15, -0.1) is 0 Å². The summed E-state index contributed by atoms with van der Waals surface area (Å²) < 4.78 is 11.4. The average molecular weight is 404 g/mol. The highest BCUT2D eigenvalue weighted by Crippen LogP contribution is 2.26. The van der Waals surface area contributed by atoms with Crippen LogP contribution in [0.3, 0.4) is 0 Å². The molecular formula is C19H18BrNO4. The van der Waals surface area contributed by atoms with Gasteiger partial charge >= 0.3 is 5.97 Å². The van der Waals surface area contributed by atoms with Gasteiger partial charge in [0, 0.05) is 18.7 Å². The molecule has 5 nitrogen and oxygen atoms in total. The number of hydrogen-bond acceptors (Lipinski definition) is 4. The van der Waals surface area contributed by atoms with Crippen molar-refractivity contribution in [3.05, 3.63) is 58.1 Å². The molecule has 2 aromatic carbocycles. The topological polar surface area (TPSA) is 55.8 Å². The minimum Gasteiger partial charge on any atom is -0.496 e. The van der Waals surface area contributed by atoms with Crippen LogP contribution in [0.25, 0.3) is 0 Å². The Morgan fingerprint density at radius 1 is 1.24 bits per heavy atom. The molecule has 0 atom stereocenters. The Kier molecular flexibility index (Phi) is 5.38. The fourth-order valence-corrected chi connectivity index (χ4v) is 3.34. The van der Waals surface area contributed by atoms with E-state index in [0.717, 1.165) is 27.9 Å². The second-order valence-corrected chi connectivity index (χ2v) is 6.60. The highest BCUT2D eigenvalue weighted by Gasteiger charge is 2.22. The van der Waals surface area contributed by atoms with Crippen molar-refractivity contribution in [1.29, 1.82) is 0 Å². The Labute approximate surface area is 154 Å². The number of esters is 1. The number of nitrogens with zero attached hydrogens (tertiary/aromatic N) is 1. The molecule has 0 radical (unpaired) electrons. The predicted octanol–water partition coefficient (Wildman–Crippen LogP) is 3.94. The van der Waals surface area contributed by atoms with E-state index in [0.29, 0.717) is 18.5 Å². The highest BCUT2D eigenvalue weighted by atomic mass is 79.9. The summed E-state index contributed by atoms with van der Waals surface area (Å²) >= 11 is 3.41. The van der Waals surface area contributed by atoms with E-state index in [1.165, 1.54) is 0 Å². The third kappa shape index (κ3) is 4.02. The van der Waals surface area contributed by atoms with E-state index in [4.69, 9.17) is 9.47 Å². The van der Waals surface area contributed by atoms with E-state index in [9.17, 15) is 9.59 Å². The molecule has 0 saturated carbocycles. The summed E-state index contributed by atoms with van der Waals surface area (Å²) in [6.07, 6.45) is 1.40. The number of rotatable bonds is 5. The second kappa shape index (κ2) is 7.70. The first-order valence-corrected chi connectivity index (χ1v) is 8.78. The van der Waals surface area contributed by atoms with Gasteiger partial charge < -0.3 is 14.4 Å². The van der Waals surface area contributed by atoms with Gasteiger partial charge in [0.2, 0.25) is 5.91 Å². The summed E-state index contributed by atoms with van der Waals surface area (Å²) in [6, 6.07) is 12.5. The number of amides is 1. The largest absolute Gasteiger partial charge is 0.496 e. The van der Waals surface area contributed by atoms with Crippen LogP contribution in [-0.4, -0.2) is 25.5 Å². The molecule has 1 fully saturated rings. The minimum absolute atomic E-state index is 0.0913. The first kappa shape index (κ1) is 17.5. The van der Waals surface area contributed by atoms with Crippen LogP contribution >= 0.6 is 15.9 Å². The molecule has 1 aliphatic rings. The standard InChI is InChI=1S/C19H18BrNO4/c1-24-17-8-7-13(10-16(17)20)12-25-19(23)14-4-2-5-15(11-14)21-9-3-6-18(21)22/h2,4-5,7-8,10-11H,3,6,9,12H2,1H3. The summed E-state index contributed by atoms with van der Waals surface area (Å²) in [6.45, 7) is 0.853. The molecular weight excluding hydrogens is 386 g/mol. The van der Waals surface area contributed by atoms with Gasteiger partial charge in [-0.25, -0.2) is 4.79 Å². The lowest BCUT2D eigenvalue weighted by Crippen LogP contribution is -2.23. The number of halogens is 1. The van der Waals surface area contributed by atoms with Crippen LogP contribution in [0.15, 0.2) is 46.9 Å². The van der Waals surface area contributed by atoms with Gasteiger partial charge in [0.1, 0.15) is 12.4 Å². The Hall–Kier alpha value is -2.34. The Bertz CT molecular complexity index is 806. The number of hydrogen-bond donors (Lipinski definition) is 0. The molecule has 6 heteroatoms. The van der Waals surface area contributed by atoms with Crippen LogP contribution in [0.4, 0.5) is 5.69 Å². The lowest BCUT2D eigenvalue weighted by molar-refractivity contribution is -0.117. The van der Waals surface area contributed by atoms with Gasteiger partial charge in [0.15, 0.2) is 0 Å². The van der Waals surface area contributed by atoms with Gasteiger partial charge in [0.25, 0.3) is 0 Å². The second-order valence-electron chi connectivity index (χ2n) is 5.74. The smallest absolute Gasteiger partial charge is 0.338 e. The molecule has 130 valence electrons. The van der Waals surface area contributed by atoms with Gasteiger partial charge in [0.05, 0.1) is 17.1 Å². The zero-order valence-corrected chi connectivity index (χ0v) is 15.4. The van der Waals surface area contributed by atoms with Crippen molar-refractivity contribution in [2.45, 2.75) is 19.4 Å². The van der Waals surface area contributed by atoms with Crippen molar-refractivity contribution < 1.29 is 19.1 Å². The lowest BCUT2D eigenvalue weighted by Gasteiger charge is -2.16. The van der Waals surface area contributed by atoms with Gasteiger partial charge in [-0.3, -0.25) is 4.79 Å². The lowest BCUT2D eigenvalue weighted by atomic mass is 10.2. The van der Waals surface area contributed by atoms with Gasteiger partial charge in [-0.05, 0) is 58.2 Å². The van der Waals surface area contributed by atoms with E-state index >= 15 is 0 Å². The fraction of sp³-hybridized carbons (Fsp3) is 0.263. The van der Waals surface area contributed by atoms with Gasteiger partial charge in [-0.1, -0.05) is 12.1 Å². The summed E-state index contributed by atoms with van der Waals surface area (Å²) in [7, 11) is 1.60. The fourth-order valence-electron chi connectivity index (χ4n) is 2.75. The molecule has 1 aliphatic heterocycles. The molecule has 0 bridgehead atoms. The van der Waals surface area contributed by atoms with Crippen molar-refractivity contribution in [3.63, 3.8) is 0 Å². The number of methoxy groups -OCH3 is 1. The summed E-state index contributed by atoms with van der Waals surface area (Å²) in [5.41, 5.74) is 2.03. The minimum atomic E-state index is -0.416. The van der Waals surface area contributed by atoms with Crippen molar-refractivity contribution in [2.75, 3.05) is 18.6 Å². The van der Waals surface area contributed by atoms with Crippen LogP contribution < -0.4 is 9.64 Å². The zero-order valence-electron chi connectivity index (χ0n) is 13.8. The number of ether oxygens (including phenoxy) is 2. The molecule has 25 heavy (non-hydrogen) atoms. The number of anilines is 1. The van der Waals surface area contributed by atoms with Crippen molar-refractivity contribution >= 4 is 33.5 Å². The van der Waals surface area contributed by atoms with Crippen LogP contribution in [0.2, 0.25) is 0 Å². The van der Waals surface area contributed by atoms with E-state index in [-0.39, 0.29) is 12.5 Å². The maximum Gasteiger partial charge on any atom is 0.338 e. The average Bonchev–Trinajstić information content (AvgIpc) is 3.06. The maximum atomic E-state index is 12.3. The number of carbonyl (C=O) groups excluding carboxylic acids is 2. The summed E-state index contributed by atoms with van der Waals surface area (Å²) in [4.78, 5) is 25.9. The molecule has 0 aliphatic carbocycles. The Balaban J connectivity index is 1.67.